The lowest BCUT2D eigenvalue weighted by Gasteiger charge is -2.36. The van der Waals surface area contributed by atoms with E-state index in [-0.39, 0.29) is 6.09 Å². The van der Waals surface area contributed by atoms with E-state index in [0.717, 1.165) is 33.6 Å². The summed E-state index contributed by atoms with van der Waals surface area (Å²) in [6.07, 6.45) is -0.227. The van der Waals surface area contributed by atoms with Gasteiger partial charge in [0.25, 0.3) is 0 Å². The van der Waals surface area contributed by atoms with Gasteiger partial charge in [-0.15, -0.1) is 0 Å². The molecular formula is C17H20IN3O2. The molecule has 2 aliphatic heterocycles. The topological polar surface area (TPSA) is 45.1 Å². The van der Waals surface area contributed by atoms with E-state index in [4.69, 9.17) is 4.74 Å². The highest BCUT2D eigenvalue weighted by Gasteiger charge is 2.26. The summed E-state index contributed by atoms with van der Waals surface area (Å²) >= 11 is 2.25. The molecule has 3 rings (SSSR count). The van der Waals surface area contributed by atoms with Gasteiger partial charge in [-0.05, 0) is 61.6 Å². The van der Waals surface area contributed by atoms with Gasteiger partial charge in [-0.1, -0.05) is 0 Å². The predicted octanol–water partition coefficient (Wildman–Crippen LogP) is 3.83. The number of fused-ring (bicyclic) bond motifs is 1. The number of aliphatic imine (C=N–C) groups is 1. The summed E-state index contributed by atoms with van der Waals surface area (Å²) < 4.78 is 6.49. The van der Waals surface area contributed by atoms with Gasteiger partial charge in [0.15, 0.2) is 0 Å². The summed E-state index contributed by atoms with van der Waals surface area (Å²) in [7, 11) is 0. The number of carbonyl (C=O) groups is 1. The number of nitrogens with zero attached hydrogens (tertiary/aromatic N) is 3. The van der Waals surface area contributed by atoms with Crippen molar-refractivity contribution < 1.29 is 9.53 Å². The molecule has 0 radical (unpaired) electrons. The Bertz CT molecular complexity index is 694. The lowest BCUT2D eigenvalue weighted by Crippen LogP contribution is -2.50. The second-order valence-corrected chi connectivity index (χ2v) is 7.77. The first-order chi connectivity index (χ1) is 10.8. The van der Waals surface area contributed by atoms with Gasteiger partial charge in [0.05, 0.1) is 9.27 Å². The first-order valence-electron chi connectivity index (χ1n) is 7.70. The van der Waals surface area contributed by atoms with Gasteiger partial charge in [0, 0.05) is 43.3 Å². The van der Waals surface area contributed by atoms with Crippen molar-refractivity contribution in [1.82, 2.24) is 4.90 Å². The van der Waals surface area contributed by atoms with Gasteiger partial charge >= 0.3 is 6.09 Å². The third kappa shape index (κ3) is 3.70. The smallest absolute Gasteiger partial charge is 0.410 e. The third-order valence-electron chi connectivity index (χ3n) is 3.79. The van der Waals surface area contributed by atoms with E-state index in [9.17, 15) is 4.79 Å². The number of rotatable bonds is 1. The first-order valence-corrected chi connectivity index (χ1v) is 8.78. The van der Waals surface area contributed by atoms with Crippen LogP contribution in [0.5, 0.6) is 0 Å². The van der Waals surface area contributed by atoms with Gasteiger partial charge in [0.1, 0.15) is 5.60 Å². The first kappa shape index (κ1) is 16.3. The van der Waals surface area contributed by atoms with Crippen molar-refractivity contribution in [1.29, 1.82) is 0 Å². The number of ether oxygens (including phenoxy) is 1. The highest BCUT2D eigenvalue weighted by Crippen LogP contribution is 2.36. The van der Waals surface area contributed by atoms with Gasteiger partial charge in [0.2, 0.25) is 0 Å². The van der Waals surface area contributed by atoms with Crippen LogP contribution in [0.2, 0.25) is 0 Å². The second-order valence-electron chi connectivity index (χ2n) is 6.69. The SMILES string of the molecule is CC(C)(C)OC(=O)N1CCN(c2ccc3c(c2)N=C=C3I)CC1. The largest absolute Gasteiger partial charge is 0.444 e. The molecule has 0 spiro atoms. The molecular weight excluding hydrogens is 405 g/mol. The van der Waals surface area contributed by atoms with Gasteiger partial charge in [-0.25, -0.2) is 9.79 Å². The molecule has 1 amide bonds. The van der Waals surface area contributed by atoms with Crippen molar-refractivity contribution in [2.24, 2.45) is 4.99 Å². The zero-order valence-electron chi connectivity index (χ0n) is 13.6. The molecule has 0 N–H and O–H groups in total. The molecule has 1 aromatic carbocycles. The van der Waals surface area contributed by atoms with Crippen LogP contribution in [0.1, 0.15) is 26.3 Å². The molecule has 6 heteroatoms. The fourth-order valence-corrected chi connectivity index (χ4v) is 3.21. The maximum absolute atomic E-state index is 12.1. The number of piperazine rings is 1. The Morgan fingerprint density at radius 2 is 1.96 bits per heavy atom. The van der Waals surface area contributed by atoms with Crippen LogP contribution in [0.4, 0.5) is 16.2 Å². The van der Waals surface area contributed by atoms with E-state index in [1.807, 2.05) is 20.8 Å². The Kier molecular flexibility index (Phi) is 4.38. The van der Waals surface area contributed by atoms with Crippen molar-refractivity contribution in [2.75, 3.05) is 31.1 Å². The number of benzene rings is 1. The molecule has 0 aromatic heterocycles. The van der Waals surface area contributed by atoms with Crippen molar-refractivity contribution in [3.63, 3.8) is 0 Å². The second kappa shape index (κ2) is 6.17. The average Bonchev–Trinajstić information content (AvgIpc) is 2.87. The van der Waals surface area contributed by atoms with Crippen molar-refractivity contribution in [3.8, 4) is 0 Å². The summed E-state index contributed by atoms with van der Waals surface area (Å²) in [5, 5.41) is 0. The molecule has 1 aromatic rings. The van der Waals surface area contributed by atoms with Crippen LogP contribution in [0, 0.1) is 0 Å². The van der Waals surface area contributed by atoms with E-state index < -0.39 is 5.60 Å². The fraction of sp³-hybridized carbons (Fsp3) is 0.471. The van der Waals surface area contributed by atoms with Crippen LogP contribution in [0.15, 0.2) is 23.2 Å². The molecule has 23 heavy (non-hydrogen) atoms. The molecule has 1 saturated heterocycles. The fourth-order valence-electron chi connectivity index (χ4n) is 2.64. The zero-order chi connectivity index (χ0) is 16.6. The molecule has 0 atom stereocenters. The van der Waals surface area contributed by atoms with E-state index in [1.165, 1.54) is 0 Å². The van der Waals surface area contributed by atoms with Crippen LogP contribution in [0.25, 0.3) is 3.58 Å². The van der Waals surface area contributed by atoms with Gasteiger partial charge in [-0.2, -0.15) is 0 Å². The minimum atomic E-state index is -0.448. The number of hydrogen-bond donors (Lipinski definition) is 0. The van der Waals surface area contributed by atoms with E-state index in [1.54, 1.807) is 4.90 Å². The minimum Gasteiger partial charge on any atom is -0.444 e. The van der Waals surface area contributed by atoms with E-state index >= 15 is 0 Å². The molecule has 0 bridgehead atoms. The highest BCUT2D eigenvalue weighted by molar-refractivity contribution is 14.1. The summed E-state index contributed by atoms with van der Waals surface area (Å²) in [6.45, 7) is 8.61. The summed E-state index contributed by atoms with van der Waals surface area (Å²) in [5.74, 6) is 3.00. The standard InChI is InChI=1S/C17H20IN3O2/c1-17(2,3)23-16(22)21-8-6-20(7-9-21)12-4-5-13-14(18)11-19-15(13)10-12/h4-5,10H,6-9H2,1-3H3. The molecule has 2 aliphatic rings. The molecule has 0 aliphatic carbocycles. The number of halogens is 1. The quantitative estimate of drug-likeness (QED) is 0.643. The van der Waals surface area contributed by atoms with Crippen LogP contribution in [-0.4, -0.2) is 48.6 Å². The molecule has 0 saturated carbocycles. The summed E-state index contributed by atoms with van der Waals surface area (Å²) in [6, 6.07) is 6.30. The number of carbonyl (C=O) groups excluding carboxylic acids is 1. The molecule has 122 valence electrons. The van der Waals surface area contributed by atoms with Crippen LogP contribution in [-0.2, 0) is 4.74 Å². The maximum Gasteiger partial charge on any atom is 0.410 e. The Balaban J connectivity index is 1.62. The summed E-state index contributed by atoms with van der Waals surface area (Å²) in [4.78, 5) is 20.5. The van der Waals surface area contributed by atoms with Gasteiger partial charge in [-0.3, -0.25) is 0 Å². The lowest BCUT2D eigenvalue weighted by atomic mass is 10.1. The van der Waals surface area contributed by atoms with Crippen molar-refractivity contribution >= 4 is 49.5 Å². The van der Waals surface area contributed by atoms with Gasteiger partial charge < -0.3 is 14.5 Å². The lowest BCUT2D eigenvalue weighted by molar-refractivity contribution is 0.0240. The Morgan fingerprint density at radius 1 is 1.26 bits per heavy atom. The number of anilines is 1. The molecule has 5 nitrogen and oxygen atoms in total. The Hall–Kier alpha value is -1.53. The molecule has 2 heterocycles. The van der Waals surface area contributed by atoms with E-state index in [0.29, 0.717) is 13.1 Å². The Morgan fingerprint density at radius 3 is 2.61 bits per heavy atom. The average molecular weight is 425 g/mol. The van der Waals surface area contributed by atoms with Crippen LogP contribution < -0.4 is 4.90 Å². The highest BCUT2D eigenvalue weighted by atomic mass is 127. The number of hydrogen-bond acceptors (Lipinski definition) is 4. The minimum absolute atomic E-state index is 0.227. The van der Waals surface area contributed by atoms with Crippen LogP contribution >= 0.6 is 22.6 Å². The third-order valence-corrected chi connectivity index (χ3v) is 4.61. The normalized spacial score (nSPS) is 17.1. The number of amides is 1. The van der Waals surface area contributed by atoms with E-state index in [2.05, 4.69) is 56.6 Å². The maximum atomic E-state index is 12.1. The van der Waals surface area contributed by atoms with Crippen molar-refractivity contribution in [3.05, 3.63) is 23.8 Å². The van der Waals surface area contributed by atoms with Crippen LogP contribution in [0.3, 0.4) is 0 Å². The predicted molar refractivity (Wildman–Crippen MR) is 101 cm³/mol. The Labute approximate surface area is 150 Å². The summed E-state index contributed by atoms with van der Waals surface area (Å²) in [5.41, 5.74) is 2.81. The monoisotopic (exact) mass is 425 g/mol. The zero-order valence-corrected chi connectivity index (χ0v) is 15.8. The molecule has 0 unspecified atom stereocenters. The molecule has 1 fully saturated rings. The van der Waals surface area contributed by atoms with Crippen molar-refractivity contribution in [2.45, 2.75) is 26.4 Å².